The van der Waals surface area contributed by atoms with E-state index in [1.54, 1.807) is 0 Å². The molecule has 0 saturated carbocycles. The second-order valence-electron chi connectivity index (χ2n) is 5.25. The summed E-state index contributed by atoms with van der Waals surface area (Å²) in [6.07, 6.45) is 13.0. The average Bonchev–Trinajstić information content (AvgIpc) is 3.10. The van der Waals surface area contributed by atoms with E-state index in [1.165, 1.54) is 20.0 Å². The van der Waals surface area contributed by atoms with Gasteiger partial charge >= 0.3 is 139 Å². The third-order valence-electron chi connectivity index (χ3n) is 3.71. The maximum Gasteiger partial charge on any atom is -1.00 e. The van der Waals surface area contributed by atoms with Crippen LogP contribution in [0, 0.1) is 0 Å². The van der Waals surface area contributed by atoms with E-state index in [2.05, 4.69) is 53.2 Å². The van der Waals surface area contributed by atoms with Crippen LogP contribution >= 0.6 is 15.9 Å². The van der Waals surface area contributed by atoms with Crippen molar-refractivity contribution in [1.82, 2.24) is 0 Å². The summed E-state index contributed by atoms with van der Waals surface area (Å²) >= 11 is 2.88. The van der Waals surface area contributed by atoms with Gasteiger partial charge in [-0.2, -0.15) is 0 Å². The van der Waals surface area contributed by atoms with Crippen LogP contribution in [0.25, 0.3) is 0 Å². The van der Waals surface area contributed by atoms with Gasteiger partial charge in [-0.05, 0) is 0 Å². The van der Waals surface area contributed by atoms with Crippen molar-refractivity contribution < 1.29 is 57.5 Å². The van der Waals surface area contributed by atoms with Crippen molar-refractivity contribution in [2.75, 3.05) is 0 Å². The molecule has 1 unspecified atom stereocenters. The van der Waals surface area contributed by atoms with Crippen LogP contribution in [0.4, 0.5) is 0 Å². The zero-order valence-electron chi connectivity index (χ0n) is 11.8. The number of ether oxygens (including phenoxy) is 2. The molecular formula is C16H13BrCl2O2Zr. The molecule has 0 saturated heterocycles. The molecule has 1 aliphatic heterocycles. The Balaban J connectivity index is 0.000000882. The van der Waals surface area contributed by atoms with Gasteiger partial charge in [0.1, 0.15) is 0 Å². The molecule has 6 heteroatoms. The van der Waals surface area contributed by atoms with Gasteiger partial charge in [0.25, 0.3) is 0 Å². The summed E-state index contributed by atoms with van der Waals surface area (Å²) in [4.78, 5) is 0. The molecule has 2 nitrogen and oxygen atoms in total. The largest absolute Gasteiger partial charge is 1.00 e. The third-order valence-corrected chi connectivity index (χ3v) is 7.48. The second kappa shape index (κ2) is 7.26. The maximum absolute atomic E-state index is 6.09. The summed E-state index contributed by atoms with van der Waals surface area (Å²) in [6.45, 7) is 2.13. The molecule has 1 heterocycles. The Labute approximate surface area is 162 Å². The molecule has 0 N–H and O–H groups in total. The minimum atomic E-state index is -0.813. The van der Waals surface area contributed by atoms with Gasteiger partial charge in [0.05, 0.1) is 0 Å². The summed E-state index contributed by atoms with van der Waals surface area (Å²) < 4.78 is 14.8. The van der Waals surface area contributed by atoms with Gasteiger partial charge in [-0.25, -0.2) is 0 Å². The fourth-order valence-electron chi connectivity index (χ4n) is 2.80. The van der Waals surface area contributed by atoms with Crippen molar-refractivity contribution in [3.8, 4) is 0 Å². The maximum atomic E-state index is 6.09. The quantitative estimate of drug-likeness (QED) is 0.476. The summed E-state index contributed by atoms with van der Waals surface area (Å²) in [5.41, 5.74) is 3.89. The van der Waals surface area contributed by atoms with Crippen molar-refractivity contribution in [1.29, 1.82) is 0 Å². The van der Waals surface area contributed by atoms with Crippen LogP contribution in [0.15, 0.2) is 66.4 Å². The van der Waals surface area contributed by atoms with Gasteiger partial charge in [0.2, 0.25) is 0 Å². The molecule has 0 bridgehead atoms. The van der Waals surface area contributed by atoms with Crippen LogP contribution in [0.2, 0.25) is 0 Å². The summed E-state index contributed by atoms with van der Waals surface area (Å²) in [5, 5.41) is 0. The van der Waals surface area contributed by atoms with E-state index in [0.717, 1.165) is 28.8 Å². The fourth-order valence-corrected chi connectivity index (χ4v) is 6.21. The zero-order chi connectivity index (χ0) is 13.7. The summed E-state index contributed by atoms with van der Waals surface area (Å²) in [5.74, 6) is 1.94. The normalized spacial score (nSPS) is 24.1. The van der Waals surface area contributed by atoms with Crippen LogP contribution in [0.5, 0.6) is 0 Å². The first kappa shape index (κ1) is 18.3. The number of rotatable bonds is 2. The van der Waals surface area contributed by atoms with Crippen LogP contribution in [0.3, 0.4) is 0 Å². The average molecular weight is 479 g/mol. The Morgan fingerprint density at radius 3 is 2.77 bits per heavy atom. The van der Waals surface area contributed by atoms with Crippen molar-refractivity contribution in [3.05, 3.63) is 66.4 Å². The molecule has 0 amide bonds. The van der Waals surface area contributed by atoms with Gasteiger partial charge in [0.15, 0.2) is 0 Å². The van der Waals surface area contributed by atoms with E-state index < -0.39 is 23.2 Å². The van der Waals surface area contributed by atoms with Crippen LogP contribution in [0.1, 0.15) is 19.8 Å². The molecule has 4 aliphatic rings. The molecule has 3 aliphatic carbocycles. The molecule has 1 atom stereocenters. The Morgan fingerprint density at radius 2 is 2.05 bits per heavy atom. The van der Waals surface area contributed by atoms with Crippen molar-refractivity contribution >= 4 is 15.9 Å². The van der Waals surface area contributed by atoms with E-state index in [0.29, 0.717) is 0 Å². The SMILES string of the molecule is CC1=CC2=C(Br)C3=C(CC2=C1)O[CH]([Zr+2][C]1=CC=CC1)O3.[Cl-].[Cl-]. The number of hydrogen-bond donors (Lipinski definition) is 0. The molecule has 0 fully saturated rings. The van der Waals surface area contributed by atoms with Crippen LogP contribution < -0.4 is 24.8 Å². The predicted molar refractivity (Wildman–Crippen MR) is 77.2 cm³/mol. The van der Waals surface area contributed by atoms with Gasteiger partial charge in [-0.3, -0.25) is 0 Å². The molecular weight excluding hydrogens is 466 g/mol. The monoisotopic (exact) mass is 476 g/mol. The first-order valence-electron chi connectivity index (χ1n) is 6.69. The Morgan fingerprint density at radius 1 is 1.23 bits per heavy atom. The second-order valence-corrected chi connectivity index (χ2v) is 9.49. The van der Waals surface area contributed by atoms with E-state index in [-0.39, 0.29) is 28.8 Å². The minimum Gasteiger partial charge on any atom is -1.00 e. The zero-order valence-corrected chi connectivity index (χ0v) is 17.4. The summed E-state index contributed by atoms with van der Waals surface area (Å²) in [6, 6.07) is 0. The molecule has 0 aromatic rings. The van der Waals surface area contributed by atoms with Gasteiger partial charge < -0.3 is 24.8 Å². The van der Waals surface area contributed by atoms with Crippen molar-refractivity contribution in [2.24, 2.45) is 0 Å². The van der Waals surface area contributed by atoms with E-state index in [1.807, 2.05) is 0 Å². The molecule has 0 aromatic carbocycles. The van der Waals surface area contributed by atoms with Crippen LogP contribution in [-0.4, -0.2) is 4.00 Å². The van der Waals surface area contributed by atoms with Gasteiger partial charge in [0, 0.05) is 0 Å². The molecule has 22 heavy (non-hydrogen) atoms. The molecule has 0 aromatic heterocycles. The first-order valence-corrected chi connectivity index (χ1v) is 10.1. The van der Waals surface area contributed by atoms with Crippen molar-refractivity contribution in [2.45, 2.75) is 23.8 Å². The fraction of sp³-hybridized carbons (Fsp3) is 0.250. The molecule has 114 valence electrons. The molecule has 0 spiro atoms. The molecule has 0 radical (unpaired) electrons. The van der Waals surface area contributed by atoms with E-state index in [4.69, 9.17) is 9.47 Å². The number of hydrogen-bond acceptors (Lipinski definition) is 2. The molecule has 4 rings (SSSR count). The third kappa shape index (κ3) is 3.26. The number of halogens is 3. The van der Waals surface area contributed by atoms with Gasteiger partial charge in [-0.1, -0.05) is 0 Å². The van der Waals surface area contributed by atoms with E-state index >= 15 is 0 Å². The standard InChI is InChI=1S/C11H8BrO2.C5H5.2ClH.Zr/c1-6-2-7-4-9-11(14-5-13-9)10(12)8(7)3-6;1-2-4-5-3-1;;;/h2-3,5H,4H2,1H3;1-3H,4H2;2*1H;/q;;;;+2/p-2. The topological polar surface area (TPSA) is 18.5 Å². The number of allylic oxidation sites excluding steroid dienone is 10. The Hall–Kier alpha value is -0.0169. The summed E-state index contributed by atoms with van der Waals surface area (Å²) in [7, 11) is 0. The predicted octanol–water partition coefficient (Wildman–Crippen LogP) is -1.60. The minimum absolute atomic E-state index is 0. The number of fused-ring (bicyclic) bond motifs is 1. The van der Waals surface area contributed by atoms with Gasteiger partial charge in [-0.15, -0.1) is 0 Å². The Bertz CT molecular complexity index is 686. The smallest absolute Gasteiger partial charge is 1.00 e. The van der Waals surface area contributed by atoms with Crippen LogP contribution in [-0.2, 0) is 32.7 Å². The first-order chi connectivity index (χ1) is 9.70. The van der Waals surface area contributed by atoms with E-state index in [9.17, 15) is 0 Å². The van der Waals surface area contributed by atoms with Crippen molar-refractivity contribution in [3.63, 3.8) is 0 Å². The Kier molecular flexibility index (Phi) is 6.04.